The van der Waals surface area contributed by atoms with Gasteiger partial charge in [-0.3, -0.25) is 4.57 Å². The third-order valence-electron chi connectivity index (χ3n) is 11.2. The van der Waals surface area contributed by atoms with E-state index in [1.54, 1.807) is 11.3 Å². The van der Waals surface area contributed by atoms with Gasteiger partial charge in [0.2, 0.25) is 5.95 Å². The van der Waals surface area contributed by atoms with Crippen molar-refractivity contribution in [2.24, 2.45) is 0 Å². The first-order chi connectivity index (χ1) is 25.3. The van der Waals surface area contributed by atoms with Gasteiger partial charge in [-0.2, -0.15) is 0 Å². The van der Waals surface area contributed by atoms with Crippen LogP contribution in [0, 0.1) is 0 Å². The summed E-state index contributed by atoms with van der Waals surface area (Å²) in [4.78, 5) is 10.9. The van der Waals surface area contributed by atoms with Crippen LogP contribution in [-0.2, 0) is 0 Å². The maximum absolute atomic E-state index is 5.47. The molecule has 0 aliphatic heterocycles. The number of aromatic nitrogens is 4. The molecule has 0 radical (unpaired) electrons. The number of benzene rings is 8. The monoisotopic (exact) mass is 664 g/mol. The molecule has 8 aromatic carbocycles. The first-order valence-corrected chi connectivity index (χ1v) is 18.2. The fourth-order valence-electron chi connectivity index (χ4n) is 9.15. The van der Waals surface area contributed by atoms with Crippen LogP contribution in [0.25, 0.3) is 119 Å². The number of fused-ring (bicyclic) bond motifs is 9. The maximum atomic E-state index is 5.47. The third-order valence-corrected chi connectivity index (χ3v) is 12.4. The molecule has 0 bridgehead atoms. The Morgan fingerprint density at radius 2 is 1.10 bits per heavy atom. The standard InChI is InChI=1S/C46H24N4S/c1-2-10-28(11-3-1)42-45-43(30-14-6-7-16-36(30)51-45)48-46(47-42)50-34-23-19-26-12-8-15-32-37(26)40(34)41-35(50)24-20-27-17-21-31-39-29-13-5-4-9-25(29)18-22-33(39)49(32)44(31)38(27)41/h1-24H. The van der Waals surface area contributed by atoms with E-state index in [9.17, 15) is 0 Å². The number of thiophene rings is 1. The number of hydrogen-bond donors (Lipinski definition) is 0. The Balaban J connectivity index is 1.28. The normalized spacial score (nSPS) is 12.7. The molecule has 5 aromatic heterocycles. The molecule has 0 atom stereocenters. The van der Waals surface area contributed by atoms with Crippen molar-refractivity contribution in [1.82, 2.24) is 18.9 Å². The summed E-state index contributed by atoms with van der Waals surface area (Å²) in [6.45, 7) is 0. The Kier molecular flexibility index (Phi) is 4.73. The minimum absolute atomic E-state index is 0.695. The minimum atomic E-state index is 0.695. The zero-order valence-electron chi connectivity index (χ0n) is 27.1. The zero-order chi connectivity index (χ0) is 32.9. The van der Waals surface area contributed by atoms with E-state index in [0.29, 0.717) is 5.95 Å². The molecular weight excluding hydrogens is 641 g/mol. The molecule has 0 saturated carbocycles. The molecule has 0 N–H and O–H groups in total. The van der Waals surface area contributed by atoms with Crippen molar-refractivity contribution in [2.45, 2.75) is 0 Å². The van der Waals surface area contributed by atoms with Crippen LogP contribution in [0.5, 0.6) is 0 Å². The summed E-state index contributed by atoms with van der Waals surface area (Å²) in [6.07, 6.45) is 0. The first kappa shape index (κ1) is 26.3. The lowest BCUT2D eigenvalue weighted by Gasteiger charge is -2.11. The average molecular weight is 665 g/mol. The summed E-state index contributed by atoms with van der Waals surface area (Å²) in [5.41, 5.74) is 9.01. The van der Waals surface area contributed by atoms with Gasteiger partial charge < -0.3 is 4.40 Å². The summed E-state index contributed by atoms with van der Waals surface area (Å²) in [7, 11) is 0. The molecule has 234 valence electrons. The zero-order valence-corrected chi connectivity index (χ0v) is 27.9. The van der Waals surface area contributed by atoms with E-state index in [4.69, 9.17) is 9.97 Å². The van der Waals surface area contributed by atoms with E-state index in [1.807, 2.05) is 0 Å². The Hall–Kier alpha value is -6.56. The fourth-order valence-corrected chi connectivity index (χ4v) is 10.3. The lowest BCUT2D eigenvalue weighted by atomic mass is 9.97. The number of nitrogens with zero attached hydrogens (tertiary/aromatic N) is 4. The predicted molar refractivity (Wildman–Crippen MR) is 216 cm³/mol. The van der Waals surface area contributed by atoms with Crippen LogP contribution in [0.1, 0.15) is 0 Å². The van der Waals surface area contributed by atoms with Gasteiger partial charge in [-0.05, 0) is 51.9 Å². The fraction of sp³-hybridized carbons (Fsp3) is 0. The second-order valence-electron chi connectivity index (χ2n) is 13.7. The van der Waals surface area contributed by atoms with Crippen LogP contribution in [0.4, 0.5) is 0 Å². The Labute approximate surface area is 293 Å². The molecule has 5 heteroatoms. The van der Waals surface area contributed by atoms with Crippen molar-refractivity contribution in [3.63, 3.8) is 0 Å². The first-order valence-electron chi connectivity index (χ1n) is 17.3. The highest BCUT2D eigenvalue weighted by molar-refractivity contribution is 7.26. The Bertz CT molecular complexity index is 3590. The van der Waals surface area contributed by atoms with Crippen molar-refractivity contribution in [2.75, 3.05) is 0 Å². The molecule has 0 spiro atoms. The maximum Gasteiger partial charge on any atom is 0.235 e. The molecule has 0 unspecified atom stereocenters. The molecule has 0 aliphatic carbocycles. The van der Waals surface area contributed by atoms with E-state index in [2.05, 4.69) is 155 Å². The molecule has 4 nitrogen and oxygen atoms in total. The van der Waals surface area contributed by atoms with E-state index < -0.39 is 0 Å². The van der Waals surface area contributed by atoms with Crippen LogP contribution in [0.3, 0.4) is 0 Å². The summed E-state index contributed by atoms with van der Waals surface area (Å²) in [5.74, 6) is 0.695. The highest BCUT2D eigenvalue weighted by atomic mass is 32.1. The summed E-state index contributed by atoms with van der Waals surface area (Å²) in [5, 5.41) is 13.8. The SMILES string of the molecule is c1ccc(-c2nc(-n3c4ccc5cccc6c5c4c4c5c(ccc7c8c9ccccc9ccc8n6c75)ccc43)nc3c2sc2ccccc23)cc1. The van der Waals surface area contributed by atoms with Crippen LogP contribution >= 0.6 is 11.3 Å². The van der Waals surface area contributed by atoms with Gasteiger partial charge >= 0.3 is 0 Å². The molecule has 0 fully saturated rings. The number of rotatable bonds is 2. The van der Waals surface area contributed by atoms with Gasteiger partial charge in [-0.25, -0.2) is 9.97 Å². The molecule has 0 amide bonds. The van der Waals surface area contributed by atoms with E-state index in [0.717, 1.165) is 37.9 Å². The molecule has 0 saturated heterocycles. The molecule has 0 aliphatic rings. The Morgan fingerprint density at radius 1 is 0.431 bits per heavy atom. The molecule has 5 heterocycles. The van der Waals surface area contributed by atoms with Gasteiger partial charge in [-0.1, -0.05) is 115 Å². The molecule has 13 aromatic rings. The second-order valence-corrected chi connectivity index (χ2v) is 14.8. The van der Waals surface area contributed by atoms with Gasteiger partial charge in [0.1, 0.15) is 0 Å². The van der Waals surface area contributed by atoms with Gasteiger partial charge in [0.25, 0.3) is 0 Å². The van der Waals surface area contributed by atoms with E-state index >= 15 is 0 Å². The topological polar surface area (TPSA) is 35.1 Å². The average Bonchev–Trinajstić information content (AvgIpc) is 3.82. The van der Waals surface area contributed by atoms with E-state index in [-0.39, 0.29) is 0 Å². The lowest BCUT2D eigenvalue weighted by Crippen LogP contribution is -2.03. The van der Waals surface area contributed by atoms with Crippen molar-refractivity contribution in [3.8, 4) is 17.2 Å². The van der Waals surface area contributed by atoms with Gasteiger partial charge in [-0.15, -0.1) is 11.3 Å². The lowest BCUT2D eigenvalue weighted by molar-refractivity contribution is 1.02. The Morgan fingerprint density at radius 3 is 1.98 bits per heavy atom. The van der Waals surface area contributed by atoms with Gasteiger partial charge in [0.15, 0.2) is 0 Å². The van der Waals surface area contributed by atoms with Crippen molar-refractivity contribution < 1.29 is 0 Å². The van der Waals surface area contributed by atoms with Crippen molar-refractivity contribution >= 4 is 113 Å². The molecule has 13 rings (SSSR count). The summed E-state index contributed by atoms with van der Waals surface area (Å²) >= 11 is 1.77. The smallest absolute Gasteiger partial charge is 0.235 e. The summed E-state index contributed by atoms with van der Waals surface area (Å²) in [6, 6.07) is 53.1. The third kappa shape index (κ3) is 3.17. The quantitative estimate of drug-likeness (QED) is 0.184. The largest absolute Gasteiger partial charge is 0.308 e. The van der Waals surface area contributed by atoms with Crippen LogP contribution < -0.4 is 0 Å². The minimum Gasteiger partial charge on any atom is -0.308 e. The van der Waals surface area contributed by atoms with Crippen molar-refractivity contribution in [3.05, 3.63) is 146 Å². The highest BCUT2D eigenvalue weighted by Gasteiger charge is 2.26. The van der Waals surface area contributed by atoms with E-state index in [1.165, 1.54) is 75.1 Å². The van der Waals surface area contributed by atoms with Crippen LogP contribution in [0.2, 0.25) is 0 Å². The number of hydrogen-bond acceptors (Lipinski definition) is 3. The highest BCUT2D eigenvalue weighted by Crippen LogP contribution is 2.48. The predicted octanol–water partition coefficient (Wildman–Crippen LogP) is 12.5. The van der Waals surface area contributed by atoms with Crippen LogP contribution in [0.15, 0.2) is 146 Å². The second kappa shape index (κ2) is 9.16. The molecular formula is C46H24N4S. The molecule has 51 heavy (non-hydrogen) atoms. The van der Waals surface area contributed by atoms with Gasteiger partial charge in [0, 0.05) is 48.0 Å². The summed E-state index contributed by atoms with van der Waals surface area (Å²) < 4.78 is 7.20. The van der Waals surface area contributed by atoms with Crippen LogP contribution in [-0.4, -0.2) is 18.9 Å². The van der Waals surface area contributed by atoms with Gasteiger partial charge in [0.05, 0.1) is 43.5 Å². The van der Waals surface area contributed by atoms with Crippen molar-refractivity contribution in [1.29, 1.82) is 0 Å².